The highest BCUT2D eigenvalue weighted by atomic mass is 32.2. The molecule has 0 saturated carbocycles. The molecule has 1 unspecified atom stereocenters. The Morgan fingerprint density at radius 2 is 1.58 bits per heavy atom. The number of hydrogen-bond acceptors (Lipinski definition) is 9. The van der Waals surface area contributed by atoms with E-state index >= 15 is 0 Å². The Balaban J connectivity index is 1.50. The largest absolute Gasteiger partial charge is 0.359 e. The molecule has 194 valence electrons. The number of carbonyl (C=O) groups excluding carboxylic acids is 2. The second-order valence-electron chi connectivity index (χ2n) is 7.60. The molecule has 0 aromatic heterocycles. The second-order valence-corrected chi connectivity index (χ2v) is 11.0. The van der Waals surface area contributed by atoms with Crippen LogP contribution in [0, 0.1) is 10.1 Å². The lowest BCUT2D eigenvalue weighted by Crippen LogP contribution is -2.47. The fourth-order valence-electron chi connectivity index (χ4n) is 3.32. The number of nitrogens with one attached hydrogen (secondary N) is 2. The summed E-state index contributed by atoms with van der Waals surface area (Å²) in [6.45, 7) is -0.158. The number of rotatable bonds is 9. The van der Waals surface area contributed by atoms with E-state index in [2.05, 4.69) is 10.6 Å². The molecule has 14 nitrogen and oxygen atoms in total. The fraction of sp³-hybridized carbons (Fsp3) is 0.300. The number of nitro benzene ring substituents is 1. The molecule has 1 aliphatic heterocycles. The van der Waals surface area contributed by atoms with Crippen LogP contribution >= 0.6 is 0 Å². The third kappa shape index (κ3) is 6.61. The van der Waals surface area contributed by atoms with E-state index in [1.165, 1.54) is 24.3 Å². The number of primary sulfonamides is 1. The predicted octanol–water partition coefficient (Wildman–Crippen LogP) is -0.936. The van der Waals surface area contributed by atoms with Crippen LogP contribution in [-0.2, 0) is 40.8 Å². The summed E-state index contributed by atoms with van der Waals surface area (Å²) >= 11 is 0. The number of nitrogens with zero attached hydrogens (tertiary/aromatic N) is 2. The maximum Gasteiger partial charge on any atom is 0.309 e. The van der Waals surface area contributed by atoms with E-state index in [9.17, 15) is 36.5 Å². The van der Waals surface area contributed by atoms with Crippen molar-refractivity contribution in [3.05, 3.63) is 64.2 Å². The maximum atomic E-state index is 12.9. The van der Waals surface area contributed by atoms with Crippen molar-refractivity contribution < 1.29 is 36.1 Å². The van der Waals surface area contributed by atoms with Gasteiger partial charge in [-0.3, -0.25) is 19.7 Å². The molecule has 1 atom stereocenters. The number of ether oxygens (including phenoxy) is 1. The van der Waals surface area contributed by atoms with Crippen LogP contribution in [0.1, 0.15) is 5.56 Å². The van der Waals surface area contributed by atoms with Gasteiger partial charge >= 0.3 is 11.8 Å². The average Bonchev–Trinajstić information content (AvgIpc) is 3.32. The minimum absolute atomic E-state index is 0.00367. The van der Waals surface area contributed by atoms with Crippen molar-refractivity contribution in [2.24, 2.45) is 5.14 Å². The van der Waals surface area contributed by atoms with Gasteiger partial charge in [-0.05, 0) is 36.2 Å². The summed E-state index contributed by atoms with van der Waals surface area (Å²) in [5.41, 5.74) is 0.441. The summed E-state index contributed by atoms with van der Waals surface area (Å²) in [6, 6.07) is 10.1. The van der Waals surface area contributed by atoms with Crippen molar-refractivity contribution in [1.29, 1.82) is 0 Å². The zero-order valence-electron chi connectivity index (χ0n) is 18.7. The minimum atomic E-state index is -4.07. The molecule has 1 saturated heterocycles. The molecule has 0 spiro atoms. The van der Waals surface area contributed by atoms with Gasteiger partial charge in [0.2, 0.25) is 20.0 Å². The van der Waals surface area contributed by atoms with E-state index in [0.29, 0.717) is 12.0 Å². The Morgan fingerprint density at radius 3 is 2.17 bits per heavy atom. The summed E-state index contributed by atoms with van der Waals surface area (Å²) in [6.07, 6.45) is -0.754. The van der Waals surface area contributed by atoms with Crippen LogP contribution in [0.5, 0.6) is 0 Å². The number of hydrogen-bond donors (Lipinski definition) is 3. The van der Waals surface area contributed by atoms with Gasteiger partial charge in [-0.2, -0.15) is 4.31 Å². The molecule has 1 aliphatic rings. The third-order valence-corrected chi connectivity index (χ3v) is 8.02. The molecule has 0 bridgehead atoms. The first-order valence-electron chi connectivity index (χ1n) is 10.5. The Hall–Kier alpha value is -3.44. The number of amides is 2. The first-order chi connectivity index (χ1) is 16.9. The molecule has 0 aliphatic carbocycles. The molecule has 2 aromatic rings. The quantitative estimate of drug-likeness (QED) is 0.203. The van der Waals surface area contributed by atoms with Gasteiger partial charge in [0.15, 0.2) is 0 Å². The predicted molar refractivity (Wildman–Crippen MR) is 124 cm³/mol. The van der Waals surface area contributed by atoms with Gasteiger partial charge in [-0.15, -0.1) is 0 Å². The summed E-state index contributed by atoms with van der Waals surface area (Å²) in [5.74, 6) is -1.94. The lowest BCUT2D eigenvalue weighted by Gasteiger charge is -2.22. The van der Waals surface area contributed by atoms with E-state index in [0.717, 1.165) is 28.6 Å². The molecule has 2 amide bonds. The zero-order valence-corrected chi connectivity index (χ0v) is 20.3. The highest BCUT2D eigenvalue weighted by Gasteiger charge is 2.37. The van der Waals surface area contributed by atoms with Crippen LogP contribution in [0.4, 0.5) is 5.69 Å². The molecule has 1 fully saturated rings. The van der Waals surface area contributed by atoms with E-state index < -0.39 is 43.0 Å². The number of benzene rings is 2. The standard InChI is InChI=1S/C20H23N5O9S2/c21-35(30,31)16-5-1-14(2-6-16)9-10-22-19(26)20(27)23-13-18-24(11-12-34-18)36(32,33)17-7-3-15(4-8-17)25(28)29/h1-8,18H,9-13H2,(H,22,26)(H,23,27)(H2,21,30,31). The van der Waals surface area contributed by atoms with Crippen LogP contribution in [-0.4, -0.2) is 70.3 Å². The SMILES string of the molecule is NS(=O)(=O)c1ccc(CCNC(=O)C(=O)NCC2OCCN2S(=O)(=O)c2ccc([N+](=O)[O-])cc2)cc1. The number of nitro groups is 1. The summed E-state index contributed by atoms with van der Waals surface area (Å²) in [5, 5.41) is 20.6. The number of carbonyl (C=O) groups is 2. The molecule has 16 heteroatoms. The van der Waals surface area contributed by atoms with E-state index in [1.54, 1.807) is 0 Å². The van der Waals surface area contributed by atoms with Crippen LogP contribution in [0.2, 0.25) is 0 Å². The third-order valence-electron chi connectivity index (χ3n) is 5.19. The highest BCUT2D eigenvalue weighted by molar-refractivity contribution is 7.89. The van der Waals surface area contributed by atoms with Crippen molar-refractivity contribution in [1.82, 2.24) is 14.9 Å². The van der Waals surface area contributed by atoms with E-state index in [4.69, 9.17) is 9.88 Å². The lowest BCUT2D eigenvalue weighted by atomic mass is 10.1. The van der Waals surface area contributed by atoms with Crippen molar-refractivity contribution in [2.75, 3.05) is 26.2 Å². The highest BCUT2D eigenvalue weighted by Crippen LogP contribution is 2.24. The summed E-state index contributed by atoms with van der Waals surface area (Å²) in [7, 11) is -7.88. The molecule has 0 radical (unpaired) electrons. The van der Waals surface area contributed by atoms with Gasteiger partial charge < -0.3 is 15.4 Å². The van der Waals surface area contributed by atoms with Crippen molar-refractivity contribution >= 4 is 37.5 Å². The van der Waals surface area contributed by atoms with E-state index in [1.807, 2.05) is 0 Å². The molecule has 2 aromatic carbocycles. The molecule has 3 rings (SSSR count). The van der Waals surface area contributed by atoms with Gasteiger partial charge in [-0.25, -0.2) is 22.0 Å². The topological polar surface area (TPSA) is 208 Å². The first-order valence-corrected chi connectivity index (χ1v) is 13.4. The fourth-order valence-corrected chi connectivity index (χ4v) is 5.35. The Kier molecular flexibility index (Phi) is 8.36. The van der Waals surface area contributed by atoms with Gasteiger partial charge in [-0.1, -0.05) is 12.1 Å². The molecular formula is C20H23N5O9S2. The molecule has 1 heterocycles. The smallest absolute Gasteiger partial charge is 0.309 e. The van der Waals surface area contributed by atoms with Crippen molar-refractivity contribution in [2.45, 2.75) is 22.4 Å². The molecule has 4 N–H and O–H groups in total. The molecular weight excluding hydrogens is 518 g/mol. The van der Waals surface area contributed by atoms with Gasteiger partial charge in [0.05, 0.1) is 27.9 Å². The van der Waals surface area contributed by atoms with Crippen molar-refractivity contribution in [3.63, 3.8) is 0 Å². The summed E-state index contributed by atoms with van der Waals surface area (Å²) < 4.78 is 54.7. The second kappa shape index (κ2) is 11.1. The minimum Gasteiger partial charge on any atom is -0.359 e. The van der Waals surface area contributed by atoms with Gasteiger partial charge in [0.25, 0.3) is 5.69 Å². The van der Waals surface area contributed by atoms with Crippen LogP contribution < -0.4 is 15.8 Å². The van der Waals surface area contributed by atoms with Crippen molar-refractivity contribution in [3.8, 4) is 0 Å². The number of non-ortho nitro benzene ring substituents is 1. The lowest BCUT2D eigenvalue weighted by molar-refractivity contribution is -0.384. The Morgan fingerprint density at radius 1 is 1.00 bits per heavy atom. The Bertz CT molecular complexity index is 1340. The number of nitrogens with two attached hydrogens (primary N) is 1. The monoisotopic (exact) mass is 541 g/mol. The van der Waals surface area contributed by atoms with E-state index in [-0.39, 0.29) is 41.7 Å². The first kappa shape index (κ1) is 27.2. The average molecular weight is 542 g/mol. The van der Waals surface area contributed by atoms with Crippen LogP contribution in [0.15, 0.2) is 58.3 Å². The van der Waals surface area contributed by atoms with Gasteiger partial charge in [0, 0.05) is 25.2 Å². The zero-order chi connectivity index (χ0) is 26.5. The summed E-state index contributed by atoms with van der Waals surface area (Å²) in [4.78, 5) is 34.1. The number of sulfonamides is 2. The molecule has 36 heavy (non-hydrogen) atoms. The van der Waals surface area contributed by atoms with Crippen LogP contribution in [0.25, 0.3) is 0 Å². The van der Waals surface area contributed by atoms with Crippen LogP contribution in [0.3, 0.4) is 0 Å². The van der Waals surface area contributed by atoms with Gasteiger partial charge in [0.1, 0.15) is 6.23 Å². The Labute approximate surface area is 206 Å². The normalized spacial score (nSPS) is 16.4. The maximum absolute atomic E-state index is 12.9.